The van der Waals surface area contributed by atoms with E-state index in [0.29, 0.717) is 17.1 Å². The van der Waals surface area contributed by atoms with Crippen LogP contribution in [0.1, 0.15) is 22.6 Å². The lowest BCUT2D eigenvalue weighted by Gasteiger charge is -2.17. The highest BCUT2D eigenvalue weighted by Gasteiger charge is 2.20. The molecular weight excluding hydrogens is 236 g/mol. The lowest BCUT2D eigenvalue weighted by molar-refractivity contribution is 0.0786. The van der Waals surface area contributed by atoms with Gasteiger partial charge in [-0.2, -0.15) is 16.9 Å². The predicted octanol–water partition coefficient (Wildman–Crippen LogP) is 1.14. The molecule has 0 atom stereocenters. The standard InChI is InChI=1S/C11H20N4OS/c1-8-9(12)10(15(3)13-8)11(16)14(2)6-5-7-17-4/h5-7,12H2,1-4H3. The smallest absolute Gasteiger partial charge is 0.274 e. The van der Waals surface area contributed by atoms with E-state index in [9.17, 15) is 4.79 Å². The minimum Gasteiger partial charge on any atom is -0.395 e. The average molecular weight is 256 g/mol. The lowest BCUT2D eigenvalue weighted by Crippen LogP contribution is -2.30. The van der Waals surface area contributed by atoms with Gasteiger partial charge in [-0.05, 0) is 25.4 Å². The molecule has 0 saturated heterocycles. The zero-order chi connectivity index (χ0) is 13.0. The fraction of sp³-hybridized carbons (Fsp3) is 0.636. The van der Waals surface area contributed by atoms with Crippen LogP contribution in [0.4, 0.5) is 5.69 Å². The molecule has 0 radical (unpaired) electrons. The summed E-state index contributed by atoms with van der Waals surface area (Å²) in [5, 5.41) is 4.15. The molecule has 96 valence electrons. The Kier molecular flexibility index (Phi) is 4.86. The third-order valence-electron chi connectivity index (χ3n) is 2.66. The fourth-order valence-corrected chi connectivity index (χ4v) is 2.07. The van der Waals surface area contributed by atoms with Crippen LogP contribution in [-0.4, -0.2) is 46.2 Å². The number of nitrogen functional groups attached to an aromatic ring is 1. The quantitative estimate of drug-likeness (QED) is 0.802. The molecule has 0 aliphatic rings. The van der Waals surface area contributed by atoms with Gasteiger partial charge in [0.05, 0.1) is 11.4 Å². The third kappa shape index (κ3) is 3.15. The van der Waals surface area contributed by atoms with Crippen molar-refractivity contribution in [2.45, 2.75) is 13.3 Å². The highest BCUT2D eigenvalue weighted by Crippen LogP contribution is 2.17. The number of thioether (sulfide) groups is 1. The average Bonchev–Trinajstić information content (AvgIpc) is 2.52. The molecule has 1 amide bonds. The van der Waals surface area contributed by atoms with E-state index in [1.807, 2.05) is 0 Å². The van der Waals surface area contributed by atoms with Crippen molar-refractivity contribution in [1.29, 1.82) is 0 Å². The molecule has 2 N–H and O–H groups in total. The van der Waals surface area contributed by atoms with Crippen LogP contribution < -0.4 is 5.73 Å². The number of carbonyl (C=O) groups is 1. The van der Waals surface area contributed by atoms with E-state index in [1.165, 1.54) is 0 Å². The number of carbonyl (C=O) groups excluding carboxylic acids is 1. The van der Waals surface area contributed by atoms with Gasteiger partial charge in [0.15, 0.2) is 0 Å². The maximum absolute atomic E-state index is 12.2. The number of nitrogens with two attached hydrogens (primary N) is 1. The molecule has 5 nitrogen and oxygen atoms in total. The van der Waals surface area contributed by atoms with Gasteiger partial charge in [0.25, 0.3) is 5.91 Å². The van der Waals surface area contributed by atoms with Crippen molar-refractivity contribution in [2.24, 2.45) is 7.05 Å². The summed E-state index contributed by atoms with van der Waals surface area (Å²) in [5.41, 5.74) is 7.53. The van der Waals surface area contributed by atoms with E-state index in [1.54, 1.807) is 42.4 Å². The third-order valence-corrected chi connectivity index (χ3v) is 3.36. The van der Waals surface area contributed by atoms with Gasteiger partial charge in [0.2, 0.25) is 0 Å². The summed E-state index contributed by atoms with van der Waals surface area (Å²) in [7, 11) is 3.54. The zero-order valence-corrected chi connectivity index (χ0v) is 11.7. The van der Waals surface area contributed by atoms with Gasteiger partial charge in [-0.3, -0.25) is 9.48 Å². The molecule has 0 aliphatic carbocycles. The van der Waals surface area contributed by atoms with Gasteiger partial charge in [0.1, 0.15) is 5.69 Å². The Balaban J connectivity index is 2.75. The van der Waals surface area contributed by atoms with Crippen LogP contribution in [0, 0.1) is 6.92 Å². The molecule has 0 spiro atoms. The Hall–Kier alpha value is -1.17. The van der Waals surface area contributed by atoms with Crippen molar-refractivity contribution in [2.75, 3.05) is 31.3 Å². The normalized spacial score (nSPS) is 10.6. The minimum atomic E-state index is -0.0632. The second kappa shape index (κ2) is 5.95. The molecule has 0 bridgehead atoms. The van der Waals surface area contributed by atoms with E-state index < -0.39 is 0 Å². The van der Waals surface area contributed by atoms with Crippen LogP contribution in [0.15, 0.2) is 0 Å². The Morgan fingerprint density at radius 3 is 2.71 bits per heavy atom. The minimum absolute atomic E-state index is 0.0632. The molecule has 1 rings (SSSR count). The number of aryl methyl sites for hydroxylation is 2. The summed E-state index contributed by atoms with van der Waals surface area (Å²) in [6.07, 6.45) is 3.05. The maximum atomic E-state index is 12.2. The summed E-state index contributed by atoms with van der Waals surface area (Å²) in [6, 6.07) is 0. The first-order valence-corrected chi connectivity index (χ1v) is 6.92. The Bertz CT molecular complexity index is 402. The first kappa shape index (κ1) is 13.9. The summed E-state index contributed by atoms with van der Waals surface area (Å²) in [5.74, 6) is 0.990. The van der Waals surface area contributed by atoms with Crippen LogP contribution in [0.2, 0.25) is 0 Å². The van der Waals surface area contributed by atoms with Gasteiger partial charge in [-0.25, -0.2) is 0 Å². The summed E-state index contributed by atoms with van der Waals surface area (Å²) >= 11 is 1.78. The molecule has 0 unspecified atom stereocenters. The number of anilines is 1. The second-order valence-electron chi connectivity index (χ2n) is 4.04. The van der Waals surface area contributed by atoms with Gasteiger partial charge in [-0.15, -0.1) is 0 Å². The molecule has 17 heavy (non-hydrogen) atoms. The molecule has 1 aromatic rings. The summed E-state index contributed by atoms with van der Waals surface area (Å²) in [4.78, 5) is 13.9. The number of nitrogens with zero attached hydrogens (tertiary/aromatic N) is 3. The van der Waals surface area contributed by atoms with Gasteiger partial charge in [0, 0.05) is 20.6 Å². The van der Waals surface area contributed by atoms with Crippen LogP contribution in [0.3, 0.4) is 0 Å². The lowest BCUT2D eigenvalue weighted by atomic mass is 10.2. The van der Waals surface area contributed by atoms with Crippen LogP contribution >= 0.6 is 11.8 Å². The Morgan fingerprint density at radius 1 is 1.59 bits per heavy atom. The highest BCUT2D eigenvalue weighted by molar-refractivity contribution is 7.98. The molecule has 0 fully saturated rings. The zero-order valence-electron chi connectivity index (χ0n) is 10.9. The molecule has 6 heteroatoms. The van der Waals surface area contributed by atoms with Crippen molar-refractivity contribution in [3.05, 3.63) is 11.4 Å². The SMILES string of the molecule is CSCCCN(C)C(=O)c1c(N)c(C)nn1C. The fourth-order valence-electron chi connectivity index (χ4n) is 1.66. The van der Waals surface area contributed by atoms with Crippen LogP contribution in [0.5, 0.6) is 0 Å². The van der Waals surface area contributed by atoms with E-state index in [-0.39, 0.29) is 5.91 Å². The van der Waals surface area contributed by atoms with E-state index >= 15 is 0 Å². The molecular formula is C11H20N4OS. The number of hydrogen-bond donors (Lipinski definition) is 1. The predicted molar refractivity (Wildman–Crippen MR) is 72.3 cm³/mol. The summed E-state index contributed by atoms with van der Waals surface area (Å²) < 4.78 is 1.55. The monoisotopic (exact) mass is 256 g/mol. The van der Waals surface area contributed by atoms with Gasteiger partial charge in [-0.1, -0.05) is 0 Å². The van der Waals surface area contributed by atoms with Gasteiger partial charge >= 0.3 is 0 Å². The molecule has 0 saturated carbocycles. The van der Waals surface area contributed by atoms with Crippen LogP contribution in [0.25, 0.3) is 0 Å². The summed E-state index contributed by atoms with van der Waals surface area (Å²) in [6.45, 7) is 2.54. The number of rotatable bonds is 5. The van der Waals surface area contributed by atoms with Crippen molar-refractivity contribution >= 4 is 23.4 Å². The Morgan fingerprint density at radius 2 is 2.24 bits per heavy atom. The maximum Gasteiger partial charge on any atom is 0.274 e. The van der Waals surface area contributed by atoms with E-state index in [2.05, 4.69) is 11.4 Å². The Labute approximate surface area is 106 Å². The molecule has 1 aromatic heterocycles. The molecule has 0 aromatic carbocycles. The first-order valence-electron chi connectivity index (χ1n) is 5.52. The van der Waals surface area contributed by atoms with Crippen molar-refractivity contribution in [3.8, 4) is 0 Å². The first-order chi connectivity index (χ1) is 7.99. The topological polar surface area (TPSA) is 64.2 Å². The van der Waals surface area contributed by atoms with Crippen molar-refractivity contribution in [1.82, 2.24) is 14.7 Å². The number of amides is 1. The molecule has 1 heterocycles. The largest absolute Gasteiger partial charge is 0.395 e. The van der Waals surface area contributed by atoms with Crippen molar-refractivity contribution < 1.29 is 4.79 Å². The number of aromatic nitrogens is 2. The van der Waals surface area contributed by atoms with Crippen LogP contribution in [-0.2, 0) is 7.05 Å². The molecule has 0 aliphatic heterocycles. The van der Waals surface area contributed by atoms with E-state index in [0.717, 1.165) is 18.7 Å². The van der Waals surface area contributed by atoms with Gasteiger partial charge < -0.3 is 10.6 Å². The number of hydrogen-bond acceptors (Lipinski definition) is 4. The van der Waals surface area contributed by atoms with E-state index in [4.69, 9.17) is 5.73 Å². The van der Waals surface area contributed by atoms with Crippen molar-refractivity contribution in [3.63, 3.8) is 0 Å². The highest BCUT2D eigenvalue weighted by atomic mass is 32.2. The second-order valence-corrected chi connectivity index (χ2v) is 5.03.